The highest BCUT2D eigenvalue weighted by atomic mass is 32.2. The monoisotopic (exact) mass is 253 g/mol. The van der Waals surface area contributed by atoms with Gasteiger partial charge in [-0.25, -0.2) is 0 Å². The smallest absolute Gasteiger partial charge is 0.00104 e. The van der Waals surface area contributed by atoms with Gasteiger partial charge in [0, 0.05) is 0 Å². The first-order valence-electron chi connectivity index (χ1n) is 7.47. The van der Waals surface area contributed by atoms with E-state index in [4.69, 9.17) is 5.73 Å². The van der Waals surface area contributed by atoms with E-state index >= 15 is 0 Å². The van der Waals surface area contributed by atoms with Crippen molar-refractivity contribution in [3.05, 3.63) is 0 Å². The summed E-state index contributed by atoms with van der Waals surface area (Å²) in [5.74, 6) is 6.73. The van der Waals surface area contributed by atoms with E-state index in [-0.39, 0.29) is 0 Å². The first-order valence-corrected chi connectivity index (χ1v) is 8.62. The molecule has 0 radical (unpaired) electrons. The summed E-state index contributed by atoms with van der Waals surface area (Å²) in [4.78, 5) is 0. The molecule has 1 unspecified atom stereocenters. The standard InChI is InChI=1S/C15H27NS/c1-11(8-16)9-17-10-15-5-12-2-13(6-15)4-14(3-12)7-15/h11-14H,2-10,16H2,1H3. The zero-order valence-electron chi connectivity index (χ0n) is 11.2. The Morgan fingerprint density at radius 1 is 1.12 bits per heavy atom. The van der Waals surface area contributed by atoms with Crippen LogP contribution in [0.1, 0.15) is 45.4 Å². The van der Waals surface area contributed by atoms with Crippen LogP contribution >= 0.6 is 11.8 Å². The molecule has 4 aliphatic carbocycles. The van der Waals surface area contributed by atoms with Gasteiger partial charge in [0.25, 0.3) is 0 Å². The van der Waals surface area contributed by atoms with Crippen LogP contribution in [0.25, 0.3) is 0 Å². The molecule has 0 aliphatic heterocycles. The van der Waals surface area contributed by atoms with Gasteiger partial charge in [-0.05, 0) is 85.7 Å². The lowest BCUT2D eigenvalue weighted by molar-refractivity contribution is -0.0381. The third kappa shape index (κ3) is 2.53. The van der Waals surface area contributed by atoms with Crippen molar-refractivity contribution in [1.29, 1.82) is 0 Å². The average Bonchev–Trinajstić information content (AvgIpc) is 2.26. The molecule has 4 rings (SSSR count). The fraction of sp³-hybridized carbons (Fsp3) is 1.00. The second-order valence-electron chi connectivity index (χ2n) is 7.27. The van der Waals surface area contributed by atoms with Crippen LogP contribution in [0.15, 0.2) is 0 Å². The molecule has 17 heavy (non-hydrogen) atoms. The van der Waals surface area contributed by atoms with Crippen LogP contribution in [-0.4, -0.2) is 18.1 Å². The van der Waals surface area contributed by atoms with Crippen LogP contribution in [-0.2, 0) is 0 Å². The first-order chi connectivity index (χ1) is 8.19. The molecule has 2 N–H and O–H groups in total. The van der Waals surface area contributed by atoms with Gasteiger partial charge in [0.1, 0.15) is 0 Å². The van der Waals surface area contributed by atoms with Crippen molar-refractivity contribution in [3.63, 3.8) is 0 Å². The predicted molar refractivity (Wildman–Crippen MR) is 76.1 cm³/mol. The third-order valence-electron chi connectivity index (χ3n) is 5.38. The summed E-state index contributed by atoms with van der Waals surface area (Å²) in [5, 5.41) is 0. The molecule has 4 bridgehead atoms. The normalized spacial score (nSPS) is 45.2. The van der Waals surface area contributed by atoms with E-state index in [9.17, 15) is 0 Å². The Morgan fingerprint density at radius 3 is 2.12 bits per heavy atom. The Balaban J connectivity index is 1.55. The molecular formula is C15H27NS. The van der Waals surface area contributed by atoms with E-state index in [0.717, 1.165) is 29.7 Å². The van der Waals surface area contributed by atoms with E-state index in [1.165, 1.54) is 11.5 Å². The maximum atomic E-state index is 5.71. The Hall–Kier alpha value is 0.310. The molecule has 0 saturated heterocycles. The highest BCUT2D eigenvalue weighted by Crippen LogP contribution is 2.60. The molecule has 1 nitrogen and oxygen atoms in total. The van der Waals surface area contributed by atoms with Gasteiger partial charge in [-0.2, -0.15) is 11.8 Å². The second-order valence-corrected chi connectivity index (χ2v) is 8.30. The van der Waals surface area contributed by atoms with Crippen molar-refractivity contribution < 1.29 is 0 Å². The highest BCUT2D eigenvalue weighted by molar-refractivity contribution is 7.99. The van der Waals surface area contributed by atoms with Gasteiger partial charge in [0.05, 0.1) is 0 Å². The first kappa shape index (κ1) is 12.3. The van der Waals surface area contributed by atoms with Gasteiger partial charge in [0.2, 0.25) is 0 Å². The lowest BCUT2D eigenvalue weighted by Gasteiger charge is -2.57. The molecule has 0 aromatic heterocycles. The second kappa shape index (κ2) is 4.77. The van der Waals surface area contributed by atoms with Crippen molar-refractivity contribution in [2.24, 2.45) is 34.8 Å². The summed E-state index contributed by atoms with van der Waals surface area (Å²) < 4.78 is 0. The molecule has 0 spiro atoms. The number of nitrogens with two attached hydrogens (primary N) is 1. The average molecular weight is 253 g/mol. The SMILES string of the molecule is CC(CN)CSCC12CC3CC(CC(C3)C1)C2. The number of rotatable bonds is 5. The third-order valence-corrected chi connectivity index (χ3v) is 7.00. The van der Waals surface area contributed by atoms with Gasteiger partial charge in [-0.15, -0.1) is 0 Å². The summed E-state index contributed by atoms with van der Waals surface area (Å²) >= 11 is 2.19. The van der Waals surface area contributed by atoms with Gasteiger partial charge in [-0.3, -0.25) is 0 Å². The van der Waals surface area contributed by atoms with Crippen LogP contribution in [0.5, 0.6) is 0 Å². The van der Waals surface area contributed by atoms with Gasteiger partial charge < -0.3 is 5.73 Å². The van der Waals surface area contributed by atoms with Gasteiger partial charge in [-0.1, -0.05) is 6.92 Å². The van der Waals surface area contributed by atoms with E-state index in [0.29, 0.717) is 5.92 Å². The summed E-state index contributed by atoms with van der Waals surface area (Å²) in [7, 11) is 0. The van der Waals surface area contributed by atoms with Crippen molar-refractivity contribution in [1.82, 2.24) is 0 Å². The molecule has 0 aromatic rings. The summed E-state index contributed by atoms with van der Waals surface area (Å²) in [6.45, 7) is 3.14. The van der Waals surface area contributed by atoms with Crippen LogP contribution < -0.4 is 5.73 Å². The lowest BCUT2D eigenvalue weighted by atomic mass is 9.50. The zero-order valence-corrected chi connectivity index (χ0v) is 12.0. The van der Waals surface area contributed by atoms with Crippen molar-refractivity contribution in [2.75, 3.05) is 18.1 Å². The van der Waals surface area contributed by atoms with E-state index in [1.807, 2.05) is 0 Å². The lowest BCUT2D eigenvalue weighted by Crippen LogP contribution is -2.47. The molecule has 2 heteroatoms. The predicted octanol–water partition coefficient (Wildman–Crippen LogP) is 3.53. The molecule has 4 saturated carbocycles. The molecule has 0 heterocycles. The topological polar surface area (TPSA) is 26.0 Å². The molecule has 4 aliphatic rings. The Bertz CT molecular complexity index is 241. The Kier molecular flexibility index (Phi) is 3.47. The Morgan fingerprint density at radius 2 is 1.65 bits per heavy atom. The van der Waals surface area contributed by atoms with Crippen LogP contribution in [0, 0.1) is 29.1 Å². The van der Waals surface area contributed by atoms with Crippen LogP contribution in [0.2, 0.25) is 0 Å². The van der Waals surface area contributed by atoms with Crippen molar-refractivity contribution in [2.45, 2.75) is 45.4 Å². The maximum absolute atomic E-state index is 5.71. The molecule has 0 aromatic carbocycles. The molecule has 1 atom stereocenters. The highest BCUT2D eigenvalue weighted by Gasteiger charge is 2.50. The number of thioether (sulfide) groups is 1. The number of hydrogen-bond donors (Lipinski definition) is 1. The molecule has 4 fully saturated rings. The fourth-order valence-electron chi connectivity index (χ4n) is 5.01. The summed E-state index contributed by atoms with van der Waals surface area (Å²) in [6, 6.07) is 0. The van der Waals surface area contributed by atoms with Gasteiger partial charge >= 0.3 is 0 Å². The van der Waals surface area contributed by atoms with E-state index < -0.39 is 0 Å². The zero-order chi connectivity index (χ0) is 11.9. The fourth-order valence-corrected chi connectivity index (χ4v) is 6.45. The maximum Gasteiger partial charge on any atom is -0.00104 e. The minimum atomic E-state index is 0.703. The summed E-state index contributed by atoms with van der Waals surface area (Å²) in [5.41, 5.74) is 6.46. The molecular weight excluding hydrogens is 226 g/mol. The van der Waals surface area contributed by atoms with Crippen LogP contribution in [0.3, 0.4) is 0 Å². The Labute approximate surface area is 110 Å². The van der Waals surface area contributed by atoms with Crippen molar-refractivity contribution >= 4 is 11.8 Å². The van der Waals surface area contributed by atoms with Crippen LogP contribution in [0.4, 0.5) is 0 Å². The summed E-state index contributed by atoms with van der Waals surface area (Å²) in [6.07, 6.45) is 9.39. The van der Waals surface area contributed by atoms with E-state index in [2.05, 4.69) is 18.7 Å². The number of hydrogen-bond acceptors (Lipinski definition) is 2. The quantitative estimate of drug-likeness (QED) is 0.811. The van der Waals surface area contributed by atoms with E-state index in [1.54, 1.807) is 38.5 Å². The minimum Gasteiger partial charge on any atom is -0.330 e. The van der Waals surface area contributed by atoms with Crippen molar-refractivity contribution in [3.8, 4) is 0 Å². The molecule has 0 amide bonds. The largest absolute Gasteiger partial charge is 0.330 e. The molecule has 98 valence electrons. The van der Waals surface area contributed by atoms with Gasteiger partial charge in [0.15, 0.2) is 0 Å². The minimum absolute atomic E-state index is 0.703.